The summed E-state index contributed by atoms with van der Waals surface area (Å²) >= 11 is 2.56. The van der Waals surface area contributed by atoms with Gasteiger partial charge in [-0.15, -0.1) is 0 Å². The van der Waals surface area contributed by atoms with Crippen molar-refractivity contribution in [1.82, 2.24) is 19.9 Å². The van der Waals surface area contributed by atoms with Crippen LogP contribution in [0, 0.1) is 27.7 Å². The number of hydrogen-bond acceptors (Lipinski definition) is 7. The molecule has 0 aliphatic rings. The maximum atomic E-state index is 12.8. The lowest BCUT2D eigenvalue weighted by Crippen LogP contribution is -1.91. The average molecular weight is 388 g/mol. The first-order valence-electron chi connectivity index (χ1n) is 7.12. The molecule has 10 heteroatoms. The van der Waals surface area contributed by atoms with Gasteiger partial charge in [-0.05, 0) is 39.5 Å². The molecule has 0 aliphatic carbocycles. The first kappa shape index (κ1) is 19.3. The van der Waals surface area contributed by atoms with Crippen molar-refractivity contribution in [2.75, 3.05) is 14.2 Å². The first-order chi connectivity index (χ1) is 11.3. The Balaban J connectivity index is 2.31. The molecule has 0 fully saturated rings. The second-order valence-corrected chi connectivity index (χ2v) is 9.44. The zero-order valence-corrected chi connectivity index (χ0v) is 17.0. The zero-order chi connectivity index (χ0) is 17.9. The lowest BCUT2D eigenvalue weighted by molar-refractivity contribution is 0.285. The summed E-state index contributed by atoms with van der Waals surface area (Å²) in [6.45, 7) is 7.73. The van der Waals surface area contributed by atoms with Gasteiger partial charge in [0.1, 0.15) is 4.65 Å². The third-order valence-corrected chi connectivity index (χ3v) is 7.82. The Morgan fingerprint density at radius 1 is 1.00 bits per heavy atom. The number of aromatic nitrogens is 4. The average Bonchev–Trinajstić information content (AvgIpc) is 3.04. The van der Waals surface area contributed by atoms with Crippen LogP contribution >= 0.6 is 31.1 Å². The Kier molecular flexibility index (Phi) is 6.39. The smallest absolute Gasteiger partial charge is 0.337 e. The van der Waals surface area contributed by atoms with Crippen LogP contribution < -0.4 is 0 Å². The highest BCUT2D eigenvalue weighted by molar-refractivity contribution is 8.11. The summed E-state index contributed by atoms with van der Waals surface area (Å²) in [6.07, 6.45) is 0. The third-order valence-electron chi connectivity index (χ3n) is 3.44. The van der Waals surface area contributed by atoms with Gasteiger partial charge in [-0.3, -0.25) is 4.57 Å². The molecule has 0 bridgehead atoms. The largest absolute Gasteiger partial charge is 0.368 e. The Hall–Kier alpha value is -0.990. The summed E-state index contributed by atoms with van der Waals surface area (Å²) in [4.78, 5) is 15.1. The lowest BCUT2D eigenvalue weighted by Gasteiger charge is -2.15. The molecule has 132 valence electrons. The van der Waals surface area contributed by atoms with E-state index < -0.39 is 7.60 Å². The Bertz CT molecular complexity index is 753. The van der Waals surface area contributed by atoms with Crippen LogP contribution in [0.2, 0.25) is 0 Å². The molecule has 0 radical (unpaired) electrons. The van der Waals surface area contributed by atoms with Crippen molar-refractivity contribution in [3.63, 3.8) is 0 Å². The highest BCUT2D eigenvalue weighted by atomic mass is 32.2. The Morgan fingerprint density at radius 2 is 1.50 bits per heavy atom. The predicted molar refractivity (Wildman–Crippen MR) is 97.5 cm³/mol. The highest BCUT2D eigenvalue weighted by Gasteiger charge is 2.30. The van der Waals surface area contributed by atoms with Crippen LogP contribution in [0.4, 0.5) is 0 Å². The van der Waals surface area contributed by atoms with Crippen molar-refractivity contribution in [2.24, 2.45) is 0 Å². The maximum absolute atomic E-state index is 12.8. The fourth-order valence-corrected chi connectivity index (χ4v) is 5.61. The molecular formula is C14H21N4O3PS2. The molecule has 7 nitrogen and oxygen atoms in total. The van der Waals surface area contributed by atoms with Crippen LogP contribution in [0.3, 0.4) is 0 Å². The van der Waals surface area contributed by atoms with Gasteiger partial charge in [0.05, 0.1) is 11.4 Å². The molecule has 2 rings (SSSR count). The van der Waals surface area contributed by atoms with E-state index in [-0.39, 0.29) is 0 Å². The first-order valence-corrected chi connectivity index (χ1v) is 10.4. The number of nitrogens with zero attached hydrogens (tertiary/aromatic N) is 2. The lowest BCUT2D eigenvalue weighted by atomic mass is 10.4. The Labute approximate surface area is 150 Å². The fraction of sp³-hybridized carbons (Fsp3) is 0.429. The van der Waals surface area contributed by atoms with Crippen LogP contribution in [0.25, 0.3) is 0 Å². The van der Waals surface area contributed by atoms with Crippen LogP contribution in [-0.2, 0) is 13.6 Å². The van der Waals surface area contributed by atoms with Gasteiger partial charge in [-0.2, -0.15) is 0 Å². The number of aryl methyl sites for hydroxylation is 4. The van der Waals surface area contributed by atoms with E-state index in [9.17, 15) is 4.57 Å². The van der Waals surface area contributed by atoms with Crippen molar-refractivity contribution in [3.8, 4) is 0 Å². The van der Waals surface area contributed by atoms with Crippen molar-refractivity contribution in [3.05, 3.63) is 32.8 Å². The van der Waals surface area contributed by atoms with Gasteiger partial charge in [0.2, 0.25) is 0 Å². The molecule has 2 aromatic rings. The molecule has 0 amide bonds. The van der Waals surface area contributed by atoms with Crippen LogP contribution in [-0.4, -0.2) is 34.2 Å². The number of H-pyrrole nitrogens is 2. The normalized spacial score (nSPS) is 12.8. The molecule has 2 aromatic heterocycles. The molecule has 2 N–H and O–H groups in total. The minimum atomic E-state index is -3.40. The van der Waals surface area contributed by atoms with E-state index in [2.05, 4.69) is 19.9 Å². The molecule has 0 aromatic carbocycles. The van der Waals surface area contributed by atoms with Crippen molar-refractivity contribution in [2.45, 2.75) is 38.0 Å². The maximum Gasteiger partial charge on any atom is 0.368 e. The predicted octanol–water partition coefficient (Wildman–Crippen LogP) is 4.54. The summed E-state index contributed by atoms with van der Waals surface area (Å²) < 4.78 is 23.5. The fourth-order valence-electron chi connectivity index (χ4n) is 1.74. The number of nitrogens with one attached hydrogen (secondary N) is 2. The van der Waals surface area contributed by atoms with Crippen molar-refractivity contribution >= 4 is 31.1 Å². The van der Waals surface area contributed by atoms with Crippen molar-refractivity contribution < 1.29 is 13.6 Å². The van der Waals surface area contributed by atoms with Crippen molar-refractivity contribution in [1.29, 1.82) is 0 Å². The molecule has 0 aliphatic heterocycles. The van der Waals surface area contributed by atoms with E-state index in [1.54, 1.807) is 5.41 Å². The van der Waals surface area contributed by atoms with Crippen LogP contribution in [0.5, 0.6) is 0 Å². The molecule has 2 heterocycles. The van der Waals surface area contributed by atoms with Gasteiger partial charge in [0.15, 0.2) is 10.3 Å². The summed E-state index contributed by atoms with van der Waals surface area (Å²) in [6, 6.07) is 0. The highest BCUT2D eigenvalue weighted by Crippen LogP contribution is 2.61. The molecule has 0 atom stereocenters. The molecule has 0 unspecified atom stereocenters. The van der Waals surface area contributed by atoms with Gasteiger partial charge in [-0.25, -0.2) is 9.97 Å². The Morgan fingerprint density at radius 3 is 1.92 bits per heavy atom. The number of aromatic amines is 2. The summed E-state index contributed by atoms with van der Waals surface area (Å²) in [7, 11) is -0.675. The topological polar surface area (TPSA) is 92.9 Å². The second kappa shape index (κ2) is 7.93. The molecule has 0 saturated carbocycles. The van der Waals surface area contributed by atoms with Gasteiger partial charge >= 0.3 is 7.60 Å². The number of hydrogen-bond donors (Lipinski definition) is 2. The SMILES string of the molecule is COP(=O)(OC)/C(=C/Sc1nc(C)c(C)[nH]1)Sc1nc(C)c(C)[nH]1. The number of thioether (sulfide) groups is 2. The molecule has 0 saturated heterocycles. The van der Waals surface area contributed by atoms with E-state index in [4.69, 9.17) is 9.05 Å². The summed E-state index contributed by atoms with van der Waals surface area (Å²) in [5.41, 5.74) is 3.79. The standard InChI is InChI=1S/C14H21N4O3PS2/c1-8-9(2)16-13(15-8)23-7-12(22(19,20-5)21-6)24-14-17-10(3)11(4)18-14/h7H,1-6H3,(H,15,16)(H,17,18)/b12-7-. The monoisotopic (exact) mass is 388 g/mol. The van der Waals surface area contributed by atoms with E-state index in [0.717, 1.165) is 22.8 Å². The van der Waals surface area contributed by atoms with Gasteiger partial charge in [0, 0.05) is 31.0 Å². The van der Waals surface area contributed by atoms with E-state index in [0.29, 0.717) is 15.0 Å². The van der Waals surface area contributed by atoms with E-state index in [1.807, 2.05) is 27.7 Å². The summed E-state index contributed by atoms with van der Waals surface area (Å²) in [5, 5.41) is 3.08. The number of rotatable bonds is 7. The quantitative estimate of drug-likeness (QED) is 0.531. The zero-order valence-electron chi connectivity index (χ0n) is 14.5. The van der Waals surface area contributed by atoms with Gasteiger partial charge in [0.25, 0.3) is 0 Å². The molecular weight excluding hydrogens is 367 g/mol. The molecule has 0 spiro atoms. The van der Waals surface area contributed by atoms with E-state index in [1.165, 1.54) is 37.7 Å². The van der Waals surface area contributed by atoms with Crippen LogP contribution in [0.1, 0.15) is 22.8 Å². The van der Waals surface area contributed by atoms with E-state index >= 15 is 0 Å². The van der Waals surface area contributed by atoms with Crippen LogP contribution in [0.15, 0.2) is 20.4 Å². The third kappa shape index (κ3) is 4.34. The minimum absolute atomic E-state index is 0.443. The second-order valence-electron chi connectivity index (χ2n) is 5.04. The number of imidazole rings is 2. The van der Waals surface area contributed by atoms with Gasteiger partial charge in [-0.1, -0.05) is 11.8 Å². The molecule has 24 heavy (non-hydrogen) atoms. The minimum Gasteiger partial charge on any atom is -0.337 e. The van der Waals surface area contributed by atoms with Gasteiger partial charge < -0.3 is 19.0 Å². The summed E-state index contributed by atoms with van der Waals surface area (Å²) in [5.74, 6) is 0.